The lowest BCUT2D eigenvalue weighted by Crippen LogP contribution is -1.93. The Balaban J connectivity index is 1.53. The first-order valence-corrected chi connectivity index (χ1v) is 8.86. The standard InChI is InChI=1S/C22H22N4O2/c1-27-21-7-3-5-19(25-21)15-23-13-17-9-11-18(12-10-17)14-24-16-20-6-4-8-22(26-20)28-2/h3-12,15-16H,13-14H2,1-2H3. The molecular formula is C22H22N4O2. The zero-order chi connectivity index (χ0) is 19.6. The third-order valence-electron chi connectivity index (χ3n) is 3.93. The van der Waals surface area contributed by atoms with Crippen molar-refractivity contribution >= 4 is 12.4 Å². The predicted molar refractivity (Wildman–Crippen MR) is 111 cm³/mol. The molecule has 2 heterocycles. The van der Waals surface area contributed by atoms with Crippen LogP contribution < -0.4 is 9.47 Å². The molecule has 3 aromatic rings. The number of benzene rings is 1. The van der Waals surface area contributed by atoms with Crippen molar-refractivity contribution in [2.24, 2.45) is 9.98 Å². The van der Waals surface area contributed by atoms with Gasteiger partial charge in [-0.25, -0.2) is 9.97 Å². The second kappa shape index (κ2) is 9.97. The first-order chi connectivity index (χ1) is 13.8. The molecule has 0 amide bonds. The second-order valence-corrected chi connectivity index (χ2v) is 5.97. The normalized spacial score (nSPS) is 11.2. The number of aromatic nitrogens is 2. The molecule has 28 heavy (non-hydrogen) atoms. The van der Waals surface area contributed by atoms with Crippen molar-refractivity contribution in [2.75, 3.05) is 14.2 Å². The van der Waals surface area contributed by atoms with E-state index in [4.69, 9.17) is 9.47 Å². The molecule has 0 aliphatic rings. The van der Waals surface area contributed by atoms with Crippen molar-refractivity contribution in [3.8, 4) is 11.8 Å². The van der Waals surface area contributed by atoms with Crippen molar-refractivity contribution < 1.29 is 9.47 Å². The molecule has 0 aliphatic heterocycles. The van der Waals surface area contributed by atoms with E-state index >= 15 is 0 Å². The van der Waals surface area contributed by atoms with Gasteiger partial charge in [0.15, 0.2) is 0 Å². The summed E-state index contributed by atoms with van der Waals surface area (Å²) in [5.41, 5.74) is 3.80. The number of nitrogens with zero attached hydrogens (tertiary/aromatic N) is 4. The highest BCUT2D eigenvalue weighted by molar-refractivity contribution is 5.77. The van der Waals surface area contributed by atoms with Gasteiger partial charge in [-0.05, 0) is 23.3 Å². The molecule has 142 valence electrons. The molecule has 1 aromatic carbocycles. The van der Waals surface area contributed by atoms with E-state index in [9.17, 15) is 0 Å². The first kappa shape index (κ1) is 19.2. The number of pyridine rings is 2. The van der Waals surface area contributed by atoms with E-state index in [-0.39, 0.29) is 0 Å². The summed E-state index contributed by atoms with van der Waals surface area (Å²) in [5, 5.41) is 0. The largest absolute Gasteiger partial charge is 0.481 e. The van der Waals surface area contributed by atoms with Crippen LogP contribution in [-0.2, 0) is 13.1 Å². The first-order valence-electron chi connectivity index (χ1n) is 8.86. The van der Waals surface area contributed by atoms with Crippen LogP contribution in [0.1, 0.15) is 22.5 Å². The SMILES string of the molecule is COc1cccc(C=NCc2ccc(CN=Cc3cccc(OC)n3)cc2)n1. The van der Waals surface area contributed by atoms with E-state index in [0.717, 1.165) is 22.5 Å². The maximum atomic E-state index is 5.11. The third kappa shape index (κ3) is 5.74. The van der Waals surface area contributed by atoms with Gasteiger partial charge < -0.3 is 9.47 Å². The quantitative estimate of drug-likeness (QED) is 0.563. The van der Waals surface area contributed by atoms with Gasteiger partial charge in [-0.3, -0.25) is 9.98 Å². The number of aliphatic imine (C=N–C) groups is 2. The molecule has 0 aliphatic carbocycles. The van der Waals surface area contributed by atoms with Gasteiger partial charge >= 0.3 is 0 Å². The highest BCUT2D eigenvalue weighted by Gasteiger charge is 1.97. The van der Waals surface area contributed by atoms with Crippen LogP contribution in [0.2, 0.25) is 0 Å². The monoisotopic (exact) mass is 374 g/mol. The molecule has 2 aromatic heterocycles. The van der Waals surface area contributed by atoms with Crippen molar-refractivity contribution in [2.45, 2.75) is 13.1 Å². The summed E-state index contributed by atoms with van der Waals surface area (Å²) in [7, 11) is 3.20. The van der Waals surface area contributed by atoms with E-state index < -0.39 is 0 Å². The fourth-order valence-electron chi connectivity index (χ4n) is 2.47. The molecule has 0 saturated heterocycles. The molecule has 3 rings (SSSR count). The lowest BCUT2D eigenvalue weighted by Gasteiger charge is -2.01. The molecule has 0 spiro atoms. The van der Waals surface area contributed by atoms with Crippen LogP contribution in [0.5, 0.6) is 11.8 Å². The van der Waals surface area contributed by atoms with Gasteiger partial charge in [0.2, 0.25) is 11.8 Å². The number of hydrogen-bond donors (Lipinski definition) is 0. The lowest BCUT2D eigenvalue weighted by molar-refractivity contribution is 0.397. The van der Waals surface area contributed by atoms with Crippen molar-refractivity contribution in [1.82, 2.24) is 9.97 Å². The molecule has 0 unspecified atom stereocenters. The molecular weight excluding hydrogens is 352 g/mol. The Hall–Kier alpha value is -3.54. The highest BCUT2D eigenvalue weighted by Crippen LogP contribution is 2.09. The average Bonchev–Trinajstić information content (AvgIpc) is 2.75. The van der Waals surface area contributed by atoms with Gasteiger partial charge in [-0.15, -0.1) is 0 Å². The van der Waals surface area contributed by atoms with E-state index in [1.165, 1.54) is 0 Å². The van der Waals surface area contributed by atoms with Gasteiger partial charge in [0.25, 0.3) is 0 Å². The van der Waals surface area contributed by atoms with Gasteiger partial charge in [-0.2, -0.15) is 0 Å². The number of rotatable bonds is 8. The van der Waals surface area contributed by atoms with Gasteiger partial charge in [-0.1, -0.05) is 36.4 Å². The lowest BCUT2D eigenvalue weighted by atomic mass is 10.1. The van der Waals surface area contributed by atoms with E-state index in [2.05, 4.69) is 44.2 Å². The third-order valence-corrected chi connectivity index (χ3v) is 3.93. The van der Waals surface area contributed by atoms with Crippen molar-refractivity contribution in [3.63, 3.8) is 0 Å². The maximum absolute atomic E-state index is 5.11. The van der Waals surface area contributed by atoms with Crippen LogP contribution in [0.15, 0.2) is 70.6 Å². The van der Waals surface area contributed by atoms with Gasteiger partial charge in [0, 0.05) is 24.6 Å². The minimum Gasteiger partial charge on any atom is -0.481 e. The van der Waals surface area contributed by atoms with Crippen LogP contribution in [0.3, 0.4) is 0 Å². The van der Waals surface area contributed by atoms with Gasteiger partial charge in [0.1, 0.15) is 0 Å². The Morgan fingerprint density at radius 2 is 1.11 bits per heavy atom. The van der Waals surface area contributed by atoms with Gasteiger partial charge in [0.05, 0.1) is 38.7 Å². The number of hydrogen-bond acceptors (Lipinski definition) is 6. The molecule has 0 atom stereocenters. The topological polar surface area (TPSA) is 69.0 Å². The summed E-state index contributed by atoms with van der Waals surface area (Å²) in [4.78, 5) is 17.5. The van der Waals surface area contributed by atoms with Crippen molar-refractivity contribution in [1.29, 1.82) is 0 Å². The minimum absolute atomic E-state index is 0.581. The Labute approximate surface area is 164 Å². The summed E-state index contributed by atoms with van der Waals surface area (Å²) < 4.78 is 10.2. The number of methoxy groups -OCH3 is 2. The summed E-state index contributed by atoms with van der Waals surface area (Å²) >= 11 is 0. The summed E-state index contributed by atoms with van der Waals surface area (Å²) in [6.45, 7) is 1.19. The van der Waals surface area contributed by atoms with Crippen LogP contribution >= 0.6 is 0 Å². The summed E-state index contributed by atoms with van der Waals surface area (Å²) in [5.74, 6) is 1.16. The van der Waals surface area contributed by atoms with Crippen LogP contribution in [0.4, 0.5) is 0 Å². The van der Waals surface area contributed by atoms with E-state index in [0.29, 0.717) is 24.8 Å². The second-order valence-electron chi connectivity index (χ2n) is 5.97. The summed E-state index contributed by atoms with van der Waals surface area (Å²) in [6.07, 6.45) is 3.50. The fraction of sp³-hybridized carbons (Fsp3) is 0.182. The van der Waals surface area contributed by atoms with Crippen LogP contribution in [0, 0.1) is 0 Å². The smallest absolute Gasteiger partial charge is 0.213 e. The fourth-order valence-corrected chi connectivity index (χ4v) is 2.47. The molecule has 0 saturated carbocycles. The average molecular weight is 374 g/mol. The van der Waals surface area contributed by atoms with Crippen LogP contribution in [-0.4, -0.2) is 36.6 Å². The zero-order valence-corrected chi connectivity index (χ0v) is 15.9. The predicted octanol–water partition coefficient (Wildman–Crippen LogP) is 3.73. The molecule has 0 fully saturated rings. The Kier molecular flexibility index (Phi) is 6.84. The zero-order valence-electron chi connectivity index (χ0n) is 15.9. The minimum atomic E-state index is 0.581. The van der Waals surface area contributed by atoms with Crippen LogP contribution in [0.25, 0.3) is 0 Å². The van der Waals surface area contributed by atoms with E-state index in [1.807, 2.05) is 36.4 Å². The molecule has 6 nitrogen and oxygen atoms in total. The molecule has 0 N–H and O–H groups in total. The summed E-state index contributed by atoms with van der Waals surface area (Å²) in [6, 6.07) is 19.4. The number of ether oxygens (including phenoxy) is 2. The highest BCUT2D eigenvalue weighted by atomic mass is 16.5. The Morgan fingerprint density at radius 3 is 1.50 bits per heavy atom. The molecule has 0 bridgehead atoms. The van der Waals surface area contributed by atoms with E-state index in [1.54, 1.807) is 26.6 Å². The molecule has 6 heteroatoms. The maximum Gasteiger partial charge on any atom is 0.213 e. The Bertz CT molecular complexity index is 874. The Morgan fingerprint density at radius 1 is 0.679 bits per heavy atom. The molecule has 0 radical (unpaired) electrons. The van der Waals surface area contributed by atoms with Crippen molar-refractivity contribution in [3.05, 3.63) is 83.2 Å².